The number of ketones is 2. The van der Waals surface area contributed by atoms with Gasteiger partial charge in [0.15, 0.2) is 0 Å². The lowest BCUT2D eigenvalue weighted by Gasteiger charge is -2.21. The molecule has 0 aliphatic carbocycles. The Balaban J connectivity index is 3.08. The molecule has 7 heteroatoms. The highest BCUT2D eigenvalue weighted by molar-refractivity contribution is 7.89. The first-order valence-electron chi connectivity index (χ1n) is 8.38. The average molecular weight is 368 g/mol. The lowest BCUT2D eigenvalue weighted by molar-refractivity contribution is -0.139. The molecule has 0 aromatic heterocycles. The normalized spacial score (nSPS) is 14.6. The van der Waals surface area contributed by atoms with E-state index in [-0.39, 0.29) is 23.2 Å². The summed E-state index contributed by atoms with van der Waals surface area (Å²) in [6.45, 7) is 9.04. The van der Waals surface area contributed by atoms with Crippen molar-refractivity contribution in [3.05, 3.63) is 29.8 Å². The Morgan fingerprint density at radius 1 is 1.04 bits per heavy atom. The second-order valence-corrected chi connectivity index (χ2v) is 8.83. The summed E-state index contributed by atoms with van der Waals surface area (Å²) < 4.78 is 27.5. The van der Waals surface area contributed by atoms with Crippen LogP contribution in [0.25, 0.3) is 0 Å². The molecule has 0 spiro atoms. The lowest BCUT2D eigenvalue weighted by Crippen LogP contribution is -2.50. The Kier molecular flexibility index (Phi) is 7.46. The third-order valence-corrected chi connectivity index (χ3v) is 5.40. The van der Waals surface area contributed by atoms with Crippen molar-refractivity contribution in [1.82, 2.24) is 4.72 Å². The van der Waals surface area contributed by atoms with E-state index in [1.807, 2.05) is 20.8 Å². The highest BCUT2D eigenvalue weighted by atomic mass is 32.2. The zero-order valence-electron chi connectivity index (χ0n) is 15.4. The van der Waals surface area contributed by atoms with Crippen LogP contribution in [0, 0.1) is 18.8 Å². The molecule has 0 amide bonds. The maximum atomic E-state index is 12.6. The minimum Gasteiger partial charge on any atom is -0.321 e. The predicted octanol–water partition coefficient (Wildman–Crippen LogP) is 1.81. The molecular weight excluding hydrogens is 340 g/mol. The van der Waals surface area contributed by atoms with E-state index >= 15 is 0 Å². The van der Waals surface area contributed by atoms with Gasteiger partial charge in [0, 0.05) is 0 Å². The average Bonchev–Trinajstić information content (AvgIpc) is 2.51. The molecule has 0 fully saturated rings. The summed E-state index contributed by atoms with van der Waals surface area (Å²) in [6, 6.07) is 4.23. The predicted molar refractivity (Wildman–Crippen MR) is 97.6 cm³/mol. The van der Waals surface area contributed by atoms with Gasteiger partial charge < -0.3 is 5.73 Å². The molecule has 140 valence electrons. The van der Waals surface area contributed by atoms with E-state index in [0.717, 1.165) is 5.56 Å². The third kappa shape index (κ3) is 6.02. The van der Waals surface area contributed by atoms with Crippen molar-refractivity contribution in [1.29, 1.82) is 0 Å². The fraction of sp³-hybridized carbons (Fsp3) is 0.556. The molecule has 3 N–H and O–H groups in total. The van der Waals surface area contributed by atoms with Gasteiger partial charge in [0.1, 0.15) is 0 Å². The van der Waals surface area contributed by atoms with Crippen LogP contribution in [0.15, 0.2) is 29.2 Å². The molecule has 2 atom stereocenters. The van der Waals surface area contributed by atoms with Crippen LogP contribution in [-0.2, 0) is 19.6 Å². The minimum absolute atomic E-state index is 0.0257. The molecule has 0 heterocycles. The molecule has 0 saturated heterocycles. The SMILES string of the molecule is Cc1ccc(S(=O)(=O)N[C@@H](CC(C)C)C(=O)C(=O)[C@@H](N)C(C)C)cc1. The van der Waals surface area contributed by atoms with Gasteiger partial charge in [-0.3, -0.25) is 9.59 Å². The van der Waals surface area contributed by atoms with E-state index in [0.29, 0.717) is 0 Å². The molecule has 1 aromatic rings. The van der Waals surface area contributed by atoms with Crippen molar-refractivity contribution >= 4 is 21.6 Å². The Morgan fingerprint density at radius 2 is 1.56 bits per heavy atom. The number of carbonyl (C=O) groups excluding carboxylic acids is 2. The minimum atomic E-state index is -3.91. The smallest absolute Gasteiger partial charge is 0.241 e. The molecule has 1 rings (SSSR count). The van der Waals surface area contributed by atoms with Crippen molar-refractivity contribution in [3.63, 3.8) is 0 Å². The number of carbonyl (C=O) groups is 2. The molecule has 6 nitrogen and oxygen atoms in total. The van der Waals surface area contributed by atoms with E-state index in [1.54, 1.807) is 26.0 Å². The van der Waals surface area contributed by atoms with Gasteiger partial charge in [0.05, 0.1) is 17.0 Å². The van der Waals surface area contributed by atoms with Crippen LogP contribution in [0.2, 0.25) is 0 Å². The zero-order chi connectivity index (χ0) is 19.4. The van der Waals surface area contributed by atoms with Gasteiger partial charge >= 0.3 is 0 Å². The molecule has 25 heavy (non-hydrogen) atoms. The third-order valence-electron chi connectivity index (χ3n) is 3.92. The summed E-state index contributed by atoms with van der Waals surface area (Å²) in [5.41, 5.74) is 6.70. The van der Waals surface area contributed by atoms with Crippen LogP contribution in [0.5, 0.6) is 0 Å². The summed E-state index contributed by atoms with van der Waals surface area (Å²) in [5, 5.41) is 0. The Hall–Kier alpha value is -1.57. The number of hydrogen-bond acceptors (Lipinski definition) is 5. The fourth-order valence-electron chi connectivity index (χ4n) is 2.29. The topological polar surface area (TPSA) is 106 Å². The number of rotatable bonds is 9. The van der Waals surface area contributed by atoms with E-state index in [4.69, 9.17) is 5.73 Å². The maximum absolute atomic E-state index is 12.6. The quantitative estimate of drug-likeness (QED) is 0.647. The number of Topliss-reactive ketones (excluding diaryl/α,β-unsaturated/α-hetero) is 2. The van der Waals surface area contributed by atoms with E-state index in [9.17, 15) is 18.0 Å². The van der Waals surface area contributed by atoms with E-state index < -0.39 is 33.7 Å². The summed E-state index contributed by atoms with van der Waals surface area (Å²) in [6.07, 6.45) is 0.223. The number of nitrogens with two attached hydrogens (primary N) is 1. The van der Waals surface area contributed by atoms with Crippen LogP contribution in [0.1, 0.15) is 39.7 Å². The lowest BCUT2D eigenvalue weighted by atomic mass is 9.92. The van der Waals surface area contributed by atoms with Crippen LogP contribution < -0.4 is 10.5 Å². The van der Waals surface area contributed by atoms with Crippen LogP contribution in [-0.4, -0.2) is 32.1 Å². The number of nitrogens with one attached hydrogen (secondary N) is 1. The monoisotopic (exact) mass is 368 g/mol. The molecule has 0 radical (unpaired) electrons. The van der Waals surface area contributed by atoms with Crippen LogP contribution in [0.3, 0.4) is 0 Å². The fourth-order valence-corrected chi connectivity index (χ4v) is 3.50. The molecule has 0 unspecified atom stereocenters. The second-order valence-electron chi connectivity index (χ2n) is 7.11. The summed E-state index contributed by atoms with van der Waals surface area (Å²) in [7, 11) is -3.91. The standard InChI is InChI=1S/C18H28N2O4S/c1-11(2)10-15(17(21)18(22)16(19)12(3)4)20-25(23,24)14-8-6-13(5)7-9-14/h6-9,11-12,15-16,20H,10,19H2,1-5H3/t15-,16-/m0/s1. The summed E-state index contributed by atoms with van der Waals surface area (Å²) >= 11 is 0. The van der Waals surface area contributed by atoms with Gasteiger partial charge in [-0.05, 0) is 37.3 Å². The Morgan fingerprint density at radius 3 is 2.00 bits per heavy atom. The number of aryl methyl sites for hydroxylation is 1. The number of hydrogen-bond donors (Lipinski definition) is 2. The van der Waals surface area contributed by atoms with Crippen molar-refractivity contribution < 1.29 is 18.0 Å². The molecule has 0 saturated carbocycles. The van der Waals surface area contributed by atoms with Crippen molar-refractivity contribution in [3.8, 4) is 0 Å². The molecular formula is C18H28N2O4S. The molecule has 0 bridgehead atoms. The second kappa shape index (κ2) is 8.69. The van der Waals surface area contributed by atoms with Crippen molar-refractivity contribution in [2.75, 3.05) is 0 Å². The van der Waals surface area contributed by atoms with Crippen LogP contribution in [0.4, 0.5) is 0 Å². The summed E-state index contributed by atoms with van der Waals surface area (Å²) in [4.78, 5) is 24.9. The first kappa shape index (κ1) is 21.5. The number of benzene rings is 1. The number of sulfonamides is 1. The van der Waals surface area contributed by atoms with Gasteiger partial charge in [-0.2, -0.15) is 0 Å². The highest BCUT2D eigenvalue weighted by Crippen LogP contribution is 2.15. The molecule has 0 aliphatic rings. The van der Waals surface area contributed by atoms with E-state index in [2.05, 4.69) is 4.72 Å². The first-order valence-corrected chi connectivity index (χ1v) is 9.86. The van der Waals surface area contributed by atoms with Crippen molar-refractivity contribution in [2.24, 2.45) is 17.6 Å². The maximum Gasteiger partial charge on any atom is 0.241 e. The Bertz CT molecular complexity index is 709. The van der Waals surface area contributed by atoms with Gasteiger partial charge in [-0.15, -0.1) is 0 Å². The molecule has 0 aliphatic heterocycles. The first-order chi connectivity index (χ1) is 11.5. The highest BCUT2D eigenvalue weighted by Gasteiger charge is 2.33. The van der Waals surface area contributed by atoms with Crippen LogP contribution >= 0.6 is 0 Å². The Labute approximate surface area is 150 Å². The zero-order valence-corrected chi connectivity index (χ0v) is 16.3. The van der Waals surface area contributed by atoms with Gasteiger partial charge in [-0.25, -0.2) is 13.1 Å². The van der Waals surface area contributed by atoms with Crippen molar-refractivity contribution in [2.45, 2.75) is 58.0 Å². The largest absolute Gasteiger partial charge is 0.321 e. The van der Waals surface area contributed by atoms with Gasteiger partial charge in [-0.1, -0.05) is 45.4 Å². The van der Waals surface area contributed by atoms with Gasteiger partial charge in [0.25, 0.3) is 0 Å². The van der Waals surface area contributed by atoms with Gasteiger partial charge in [0.2, 0.25) is 21.6 Å². The van der Waals surface area contributed by atoms with E-state index in [1.165, 1.54) is 12.1 Å². The molecule has 1 aromatic carbocycles. The summed E-state index contributed by atoms with van der Waals surface area (Å²) in [5.74, 6) is -1.71.